The van der Waals surface area contributed by atoms with Crippen molar-refractivity contribution in [1.29, 1.82) is 0 Å². The number of hydrogen-bond acceptors (Lipinski definition) is 8. The van der Waals surface area contributed by atoms with Gasteiger partial charge in [-0.1, -0.05) is 23.9 Å². The zero-order valence-electron chi connectivity index (χ0n) is 15.2. The topological polar surface area (TPSA) is 102 Å². The number of nitrogens with one attached hydrogen (secondary N) is 2. The first-order chi connectivity index (χ1) is 13.2. The number of rotatable bonds is 9. The molecular weight excluding hydrogens is 366 g/mol. The number of H-pyrrole nitrogens is 1. The van der Waals surface area contributed by atoms with Crippen molar-refractivity contribution in [2.45, 2.75) is 17.8 Å². The molecule has 0 bridgehead atoms. The lowest BCUT2D eigenvalue weighted by Gasteiger charge is -2.11. The first-order valence-corrected chi connectivity index (χ1v) is 9.53. The van der Waals surface area contributed by atoms with Crippen LogP contribution in [0.5, 0.6) is 0 Å². The van der Waals surface area contributed by atoms with Crippen molar-refractivity contribution in [2.24, 2.45) is 0 Å². The predicted octanol–water partition coefficient (Wildman–Crippen LogP) is 2.88. The largest absolute Gasteiger partial charge is 0.462 e. The van der Waals surface area contributed by atoms with E-state index in [-0.39, 0.29) is 0 Å². The summed E-state index contributed by atoms with van der Waals surface area (Å²) < 4.78 is 10.1. The van der Waals surface area contributed by atoms with E-state index in [2.05, 4.69) is 25.3 Å². The lowest BCUT2D eigenvalue weighted by Crippen LogP contribution is -2.16. The number of ether oxygens (including phenoxy) is 2. The number of benzene rings is 1. The smallest absolute Gasteiger partial charge is 0.343 e. The minimum absolute atomic E-state index is 0.292. The van der Waals surface area contributed by atoms with Crippen LogP contribution in [0.1, 0.15) is 23.1 Å². The summed E-state index contributed by atoms with van der Waals surface area (Å²) in [4.78, 5) is 28.6. The third kappa shape index (κ3) is 4.95. The molecule has 0 saturated heterocycles. The standard InChI is InChI=1S/C18H21N5O3S/c1-3-26-17(24)12-10-20-15(23-16(12)19-8-9-25-2)11-27-18-21-13-6-4-5-7-14(13)22-18/h4-7,10H,3,8-9,11H2,1-2H3,(H,21,22)(H,19,20,23). The average Bonchev–Trinajstić information content (AvgIpc) is 3.10. The average molecular weight is 387 g/mol. The second-order valence-corrected chi connectivity index (χ2v) is 6.50. The van der Waals surface area contributed by atoms with Crippen molar-refractivity contribution in [3.63, 3.8) is 0 Å². The molecule has 0 atom stereocenters. The number of fused-ring (bicyclic) bond motifs is 1. The van der Waals surface area contributed by atoms with Crippen molar-refractivity contribution in [3.05, 3.63) is 41.9 Å². The van der Waals surface area contributed by atoms with Crippen LogP contribution in [0, 0.1) is 0 Å². The molecule has 2 N–H and O–H groups in total. The number of thioether (sulfide) groups is 1. The Bertz CT molecular complexity index is 882. The Labute approximate surface area is 161 Å². The quantitative estimate of drug-likeness (QED) is 0.328. The van der Waals surface area contributed by atoms with Gasteiger partial charge in [0, 0.05) is 19.9 Å². The molecule has 0 saturated carbocycles. The molecule has 0 radical (unpaired) electrons. The Hall–Kier alpha value is -2.65. The van der Waals surface area contributed by atoms with Crippen LogP contribution >= 0.6 is 11.8 Å². The molecule has 0 unspecified atom stereocenters. The fourth-order valence-corrected chi connectivity index (χ4v) is 3.13. The van der Waals surface area contributed by atoms with Gasteiger partial charge in [0.05, 0.1) is 30.0 Å². The van der Waals surface area contributed by atoms with E-state index in [4.69, 9.17) is 9.47 Å². The van der Waals surface area contributed by atoms with Gasteiger partial charge >= 0.3 is 5.97 Å². The number of methoxy groups -OCH3 is 1. The molecule has 0 spiro atoms. The van der Waals surface area contributed by atoms with Crippen LogP contribution in [0.4, 0.5) is 5.82 Å². The number of para-hydroxylation sites is 2. The number of carbonyl (C=O) groups is 1. The van der Waals surface area contributed by atoms with Crippen molar-refractivity contribution in [2.75, 3.05) is 32.2 Å². The number of esters is 1. The maximum Gasteiger partial charge on any atom is 0.343 e. The van der Waals surface area contributed by atoms with Gasteiger partial charge in [0.2, 0.25) is 0 Å². The molecule has 0 aliphatic carbocycles. The summed E-state index contributed by atoms with van der Waals surface area (Å²) in [5, 5.41) is 3.90. The van der Waals surface area contributed by atoms with Gasteiger partial charge in [0.1, 0.15) is 17.2 Å². The second-order valence-electron chi connectivity index (χ2n) is 5.54. The van der Waals surface area contributed by atoms with E-state index in [9.17, 15) is 4.79 Å². The molecule has 9 heteroatoms. The summed E-state index contributed by atoms with van der Waals surface area (Å²) in [6.07, 6.45) is 1.49. The maximum atomic E-state index is 12.1. The molecule has 3 rings (SSSR count). The Morgan fingerprint density at radius 3 is 2.93 bits per heavy atom. The Balaban J connectivity index is 1.73. The van der Waals surface area contributed by atoms with Crippen LogP contribution in [-0.4, -0.2) is 52.8 Å². The lowest BCUT2D eigenvalue weighted by atomic mass is 10.3. The molecule has 2 aromatic heterocycles. The summed E-state index contributed by atoms with van der Waals surface area (Å²) in [6, 6.07) is 7.85. The fourth-order valence-electron chi connectivity index (χ4n) is 2.38. The lowest BCUT2D eigenvalue weighted by molar-refractivity contribution is 0.0526. The molecule has 1 aromatic carbocycles. The summed E-state index contributed by atoms with van der Waals surface area (Å²) >= 11 is 1.50. The number of anilines is 1. The number of carbonyl (C=O) groups excluding carboxylic acids is 1. The Kier molecular flexibility index (Phi) is 6.61. The monoisotopic (exact) mass is 387 g/mol. The van der Waals surface area contributed by atoms with Crippen LogP contribution in [0.2, 0.25) is 0 Å². The number of aromatic nitrogens is 4. The first-order valence-electron chi connectivity index (χ1n) is 8.54. The zero-order chi connectivity index (χ0) is 19.1. The molecule has 142 valence electrons. The van der Waals surface area contributed by atoms with Gasteiger partial charge in [-0.05, 0) is 19.1 Å². The highest BCUT2D eigenvalue weighted by Crippen LogP contribution is 2.23. The molecule has 0 fully saturated rings. The van der Waals surface area contributed by atoms with Gasteiger partial charge < -0.3 is 19.8 Å². The van der Waals surface area contributed by atoms with Crippen LogP contribution in [0.3, 0.4) is 0 Å². The van der Waals surface area contributed by atoms with Gasteiger partial charge in [-0.15, -0.1) is 0 Å². The van der Waals surface area contributed by atoms with E-state index in [0.29, 0.717) is 42.7 Å². The molecular formula is C18H21N5O3S. The van der Waals surface area contributed by atoms with E-state index in [0.717, 1.165) is 16.2 Å². The van der Waals surface area contributed by atoms with Crippen molar-refractivity contribution in [3.8, 4) is 0 Å². The minimum Gasteiger partial charge on any atom is -0.462 e. The van der Waals surface area contributed by atoms with Crippen molar-refractivity contribution in [1.82, 2.24) is 19.9 Å². The summed E-state index contributed by atoms with van der Waals surface area (Å²) in [7, 11) is 1.61. The molecule has 2 heterocycles. The number of aromatic amines is 1. The molecule has 3 aromatic rings. The van der Waals surface area contributed by atoms with Crippen LogP contribution in [0.25, 0.3) is 11.0 Å². The van der Waals surface area contributed by atoms with Crippen LogP contribution < -0.4 is 5.32 Å². The number of imidazole rings is 1. The molecule has 27 heavy (non-hydrogen) atoms. The minimum atomic E-state index is -0.450. The fraction of sp³-hybridized carbons (Fsp3) is 0.333. The van der Waals surface area contributed by atoms with Crippen molar-refractivity contribution >= 4 is 34.6 Å². The third-order valence-electron chi connectivity index (χ3n) is 3.64. The van der Waals surface area contributed by atoms with E-state index in [1.165, 1.54) is 18.0 Å². The molecule has 0 amide bonds. The van der Waals surface area contributed by atoms with Gasteiger partial charge in [0.25, 0.3) is 0 Å². The molecule has 0 aliphatic rings. The Morgan fingerprint density at radius 1 is 1.30 bits per heavy atom. The highest BCUT2D eigenvalue weighted by Gasteiger charge is 2.16. The second kappa shape index (κ2) is 9.33. The van der Waals surface area contributed by atoms with Gasteiger partial charge in [-0.3, -0.25) is 0 Å². The highest BCUT2D eigenvalue weighted by molar-refractivity contribution is 7.98. The summed E-state index contributed by atoms with van der Waals surface area (Å²) in [5.41, 5.74) is 2.21. The van der Waals surface area contributed by atoms with E-state index in [1.807, 2.05) is 24.3 Å². The third-order valence-corrected chi connectivity index (χ3v) is 4.51. The maximum absolute atomic E-state index is 12.1. The van der Waals surface area contributed by atoms with E-state index < -0.39 is 5.97 Å². The van der Waals surface area contributed by atoms with E-state index in [1.54, 1.807) is 14.0 Å². The Morgan fingerprint density at radius 2 is 2.15 bits per heavy atom. The first kappa shape index (κ1) is 19.1. The van der Waals surface area contributed by atoms with Crippen LogP contribution in [0.15, 0.2) is 35.6 Å². The summed E-state index contributed by atoms with van der Waals surface area (Å²) in [5.74, 6) is 1.10. The molecule has 0 aliphatic heterocycles. The van der Waals surface area contributed by atoms with Gasteiger partial charge in [0.15, 0.2) is 5.16 Å². The normalized spacial score (nSPS) is 10.9. The van der Waals surface area contributed by atoms with E-state index >= 15 is 0 Å². The predicted molar refractivity (Wildman–Crippen MR) is 104 cm³/mol. The SMILES string of the molecule is CCOC(=O)c1cnc(CSc2nc3ccccc3[nH]2)nc1NCCOC. The molecule has 8 nitrogen and oxygen atoms in total. The van der Waals surface area contributed by atoms with Crippen LogP contribution in [-0.2, 0) is 15.2 Å². The highest BCUT2D eigenvalue weighted by atomic mass is 32.2. The zero-order valence-corrected chi connectivity index (χ0v) is 16.0. The number of hydrogen-bond donors (Lipinski definition) is 2. The van der Waals surface area contributed by atoms with Gasteiger partial charge in [-0.25, -0.2) is 19.7 Å². The van der Waals surface area contributed by atoms with Gasteiger partial charge in [-0.2, -0.15) is 0 Å². The summed E-state index contributed by atoms with van der Waals surface area (Å²) in [6.45, 7) is 3.07. The number of nitrogens with zero attached hydrogens (tertiary/aromatic N) is 3. The van der Waals surface area contributed by atoms with Crippen molar-refractivity contribution < 1.29 is 14.3 Å².